The van der Waals surface area contributed by atoms with E-state index >= 15 is 0 Å². The van der Waals surface area contributed by atoms with Crippen molar-refractivity contribution in [1.82, 2.24) is 4.98 Å². The van der Waals surface area contributed by atoms with Crippen LogP contribution in [0, 0.1) is 0 Å². The molecule has 1 aromatic heterocycles. The van der Waals surface area contributed by atoms with Gasteiger partial charge in [-0.15, -0.1) is 0 Å². The Hall–Kier alpha value is -2.69. The predicted octanol–water partition coefficient (Wildman–Crippen LogP) is 3.07. The van der Waals surface area contributed by atoms with Gasteiger partial charge >= 0.3 is 0 Å². The van der Waals surface area contributed by atoms with Gasteiger partial charge in [0.25, 0.3) is 6.01 Å². The van der Waals surface area contributed by atoms with Gasteiger partial charge in [-0.3, -0.25) is 0 Å². The van der Waals surface area contributed by atoms with E-state index in [1.807, 2.05) is 36.4 Å². The molecule has 0 spiro atoms. The molecule has 0 amide bonds. The lowest BCUT2D eigenvalue weighted by Gasteiger charge is -2.04. The zero-order valence-corrected chi connectivity index (χ0v) is 11.8. The second kappa shape index (κ2) is 5.75. The highest BCUT2D eigenvalue weighted by molar-refractivity contribution is 5.78. The SMILES string of the molecule is COc1ccc(CCNc2nc3ccc(N)cc3o2)cc1. The highest BCUT2D eigenvalue weighted by Crippen LogP contribution is 2.21. The molecule has 3 rings (SSSR count). The van der Waals surface area contributed by atoms with Gasteiger partial charge < -0.3 is 20.2 Å². The Bertz CT molecular complexity index is 735. The lowest BCUT2D eigenvalue weighted by molar-refractivity contribution is 0.414. The first-order valence-electron chi connectivity index (χ1n) is 6.77. The zero-order valence-electron chi connectivity index (χ0n) is 11.8. The van der Waals surface area contributed by atoms with Gasteiger partial charge in [-0.05, 0) is 36.2 Å². The highest BCUT2D eigenvalue weighted by atomic mass is 16.5. The summed E-state index contributed by atoms with van der Waals surface area (Å²) < 4.78 is 10.7. The van der Waals surface area contributed by atoms with Crippen LogP contribution in [0.4, 0.5) is 11.7 Å². The number of fused-ring (bicyclic) bond motifs is 1. The second-order valence-electron chi connectivity index (χ2n) is 4.77. The van der Waals surface area contributed by atoms with E-state index in [-0.39, 0.29) is 0 Å². The van der Waals surface area contributed by atoms with Crippen LogP contribution in [-0.2, 0) is 6.42 Å². The predicted molar refractivity (Wildman–Crippen MR) is 83.6 cm³/mol. The molecule has 0 atom stereocenters. The first kappa shape index (κ1) is 13.3. The fourth-order valence-electron chi connectivity index (χ4n) is 2.12. The van der Waals surface area contributed by atoms with E-state index in [1.165, 1.54) is 5.56 Å². The maximum absolute atomic E-state index is 5.71. The molecule has 108 valence electrons. The summed E-state index contributed by atoms with van der Waals surface area (Å²) in [7, 11) is 1.66. The molecular formula is C16H17N3O2. The van der Waals surface area contributed by atoms with E-state index in [9.17, 15) is 0 Å². The fourth-order valence-corrected chi connectivity index (χ4v) is 2.12. The molecule has 0 bridgehead atoms. The molecule has 3 aromatic rings. The molecule has 0 saturated heterocycles. The van der Waals surface area contributed by atoms with Gasteiger partial charge in [-0.1, -0.05) is 12.1 Å². The minimum atomic E-state index is 0.518. The first-order chi connectivity index (χ1) is 10.2. The molecular weight excluding hydrogens is 266 g/mol. The quantitative estimate of drug-likeness (QED) is 0.704. The van der Waals surface area contributed by atoms with Gasteiger partial charge in [0, 0.05) is 18.3 Å². The van der Waals surface area contributed by atoms with Crippen molar-refractivity contribution >= 4 is 22.8 Å². The molecule has 0 aliphatic carbocycles. The molecule has 0 radical (unpaired) electrons. The Morgan fingerprint density at radius 1 is 1.19 bits per heavy atom. The van der Waals surface area contributed by atoms with E-state index in [2.05, 4.69) is 10.3 Å². The minimum absolute atomic E-state index is 0.518. The van der Waals surface area contributed by atoms with Gasteiger partial charge in [0.05, 0.1) is 7.11 Å². The second-order valence-corrected chi connectivity index (χ2v) is 4.77. The van der Waals surface area contributed by atoms with Crippen molar-refractivity contribution in [2.75, 3.05) is 24.7 Å². The number of anilines is 2. The lowest BCUT2D eigenvalue weighted by Crippen LogP contribution is -2.04. The van der Waals surface area contributed by atoms with Gasteiger partial charge in [-0.25, -0.2) is 0 Å². The van der Waals surface area contributed by atoms with Crippen LogP contribution < -0.4 is 15.8 Å². The largest absolute Gasteiger partial charge is 0.497 e. The molecule has 3 N–H and O–H groups in total. The van der Waals surface area contributed by atoms with Crippen molar-refractivity contribution in [2.45, 2.75) is 6.42 Å². The summed E-state index contributed by atoms with van der Waals surface area (Å²) in [6.07, 6.45) is 0.880. The molecule has 0 aliphatic rings. The standard InChI is InChI=1S/C16H17N3O2/c1-20-13-5-2-11(3-6-13)8-9-18-16-19-14-7-4-12(17)10-15(14)21-16/h2-7,10H,8-9,17H2,1H3,(H,18,19). The summed E-state index contributed by atoms with van der Waals surface area (Å²) in [5, 5.41) is 3.18. The Kier molecular flexibility index (Phi) is 3.64. The van der Waals surface area contributed by atoms with E-state index < -0.39 is 0 Å². The molecule has 0 fully saturated rings. The van der Waals surface area contributed by atoms with Crippen molar-refractivity contribution in [1.29, 1.82) is 0 Å². The number of nitrogens with zero attached hydrogens (tertiary/aromatic N) is 1. The highest BCUT2D eigenvalue weighted by Gasteiger charge is 2.05. The maximum atomic E-state index is 5.71. The molecule has 0 aliphatic heterocycles. The van der Waals surface area contributed by atoms with Crippen molar-refractivity contribution < 1.29 is 9.15 Å². The summed E-state index contributed by atoms with van der Waals surface area (Å²) in [6, 6.07) is 14.0. The van der Waals surface area contributed by atoms with E-state index in [0.29, 0.717) is 17.3 Å². The number of oxazole rings is 1. The third-order valence-electron chi connectivity index (χ3n) is 3.26. The van der Waals surface area contributed by atoms with Crippen LogP contribution in [0.3, 0.4) is 0 Å². The summed E-state index contributed by atoms with van der Waals surface area (Å²) in [6.45, 7) is 0.745. The monoisotopic (exact) mass is 283 g/mol. The number of benzene rings is 2. The topological polar surface area (TPSA) is 73.3 Å². The third-order valence-corrected chi connectivity index (χ3v) is 3.26. The van der Waals surface area contributed by atoms with Crippen molar-refractivity contribution in [3.05, 3.63) is 48.0 Å². The lowest BCUT2D eigenvalue weighted by atomic mass is 10.1. The Balaban J connectivity index is 1.60. The minimum Gasteiger partial charge on any atom is -0.497 e. The van der Waals surface area contributed by atoms with Crippen LogP contribution in [-0.4, -0.2) is 18.6 Å². The summed E-state index contributed by atoms with van der Waals surface area (Å²) in [5.74, 6) is 0.864. The van der Waals surface area contributed by atoms with Crippen molar-refractivity contribution in [2.24, 2.45) is 0 Å². The molecule has 21 heavy (non-hydrogen) atoms. The fraction of sp³-hybridized carbons (Fsp3) is 0.188. The number of aromatic nitrogens is 1. The van der Waals surface area contributed by atoms with E-state index in [1.54, 1.807) is 13.2 Å². The number of hydrogen-bond donors (Lipinski definition) is 2. The molecule has 5 nitrogen and oxygen atoms in total. The van der Waals surface area contributed by atoms with Crippen LogP contribution in [0.25, 0.3) is 11.1 Å². The van der Waals surface area contributed by atoms with Gasteiger partial charge in [0.2, 0.25) is 0 Å². The first-order valence-corrected chi connectivity index (χ1v) is 6.77. The number of nitrogens with one attached hydrogen (secondary N) is 1. The van der Waals surface area contributed by atoms with Crippen LogP contribution >= 0.6 is 0 Å². The van der Waals surface area contributed by atoms with Crippen LogP contribution in [0.2, 0.25) is 0 Å². The van der Waals surface area contributed by atoms with E-state index in [4.69, 9.17) is 14.9 Å². The number of rotatable bonds is 5. The van der Waals surface area contributed by atoms with Crippen LogP contribution in [0.5, 0.6) is 5.75 Å². The molecule has 0 saturated carbocycles. The number of nitrogens with two attached hydrogens (primary N) is 1. The number of methoxy groups -OCH3 is 1. The van der Waals surface area contributed by atoms with Crippen LogP contribution in [0.1, 0.15) is 5.56 Å². The normalized spacial score (nSPS) is 10.7. The Labute approximate surface area is 122 Å². The molecule has 1 heterocycles. The summed E-state index contributed by atoms with van der Waals surface area (Å²) in [5.41, 5.74) is 9.11. The average Bonchev–Trinajstić information content (AvgIpc) is 2.89. The molecule has 5 heteroatoms. The summed E-state index contributed by atoms with van der Waals surface area (Å²) >= 11 is 0. The van der Waals surface area contributed by atoms with Crippen LogP contribution in [0.15, 0.2) is 46.9 Å². The Morgan fingerprint density at radius 3 is 2.76 bits per heavy atom. The average molecular weight is 283 g/mol. The van der Waals surface area contributed by atoms with Gasteiger partial charge in [0.15, 0.2) is 5.58 Å². The van der Waals surface area contributed by atoms with E-state index in [0.717, 1.165) is 24.2 Å². The maximum Gasteiger partial charge on any atom is 0.295 e. The zero-order chi connectivity index (χ0) is 14.7. The summed E-state index contributed by atoms with van der Waals surface area (Å²) in [4.78, 5) is 4.36. The number of ether oxygens (including phenoxy) is 1. The molecule has 2 aromatic carbocycles. The van der Waals surface area contributed by atoms with Gasteiger partial charge in [-0.2, -0.15) is 4.98 Å². The van der Waals surface area contributed by atoms with Crippen molar-refractivity contribution in [3.8, 4) is 5.75 Å². The van der Waals surface area contributed by atoms with Crippen molar-refractivity contribution in [3.63, 3.8) is 0 Å². The smallest absolute Gasteiger partial charge is 0.295 e. The molecule has 0 unspecified atom stereocenters. The van der Waals surface area contributed by atoms with Gasteiger partial charge in [0.1, 0.15) is 11.3 Å². The number of hydrogen-bond acceptors (Lipinski definition) is 5. The third kappa shape index (κ3) is 3.08. The Morgan fingerprint density at radius 2 is 2.00 bits per heavy atom. The number of nitrogen functional groups attached to an aromatic ring is 1.